The highest BCUT2D eigenvalue weighted by atomic mass is 33.1. The van der Waals surface area contributed by atoms with Gasteiger partial charge in [0.1, 0.15) is 5.84 Å². The molecule has 4 rings (SSSR count). The number of aliphatic imine (C=N–C) groups is 1. The van der Waals surface area contributed by atoms with Crippen LogP contribution in [0.25, 0.3) is 0 Å². The van der Waals surface area contributed by atoms with Crippen molar-refractivity contribution in [2.45, 2.75) is 70.2 Å². The lowest BCUT2D eigenvalue weighted by Crippen LogP contribution is -2.49. The third kappa shape index (κ3) is 8.33. The van der Waals surface area contributed by atoms with Gasteiger partial charge >= 0.3 is 6.09 Å². The van der Waals surface area contributed by atoms with E-state index in [1.807, 2.05) is 83.0 Å². The van der Waals surface area contributed by atoms with Gasteiger partial charge in [-0.25, -0.2) is 9.79 Å². The molecule has 2 aromatic rings. The van der Waals surface area contributed by atoms with Crippen LogP contribution in [-0.2, 0) is 11.3 Å². The molecule has 2 saturated heterocycles. The SMILES string of the molecule is CC(C)(C)N(Cc1cc(N=C(N)c2cccs2)ccc1N1CCN(C(=O)CCCCC2CCSS2)CC1)C(=O)O. The Morgan fingerprint density at radius 1 is 1.15 bits per heavy atom. The summed E-state index contributed by atoms with van der Waals surface area (Å²) >= 11 is 1.53. The number of benzene rings is 1. The number of unbranched alkanes of at least 4 members (excludes halogenated alkanes) is 1. The summed E-state index contributed by atoms with van der Waals surface area (Å²) in [7, 11) is 3.98. The molecule has 2 aliphatic heterocycles. The van der Waals surface area contributed by atoms with E-state index in [0.717, 1.165) is 34.2 Å². The smallest absolute Gasteiger partial charge is 0.408 e. The van der Waals surface area contributed by atoms with E-state index in [4.69, 9.17) is 5.73 Å². The number of amides is 2. The Labute approximate surface area is 249 Å². The van der Waals surface area contributed by atoms with Crippen molar-refractivity contribution in [3.05, 3.63) is 46.2 Å². The molecule has 0 bridgehead atoms. The van der Waals surface area contributed by atoms with Gasteiger partial charge < -0.3 is 20.6 Å². The summed E-state index contributed by atoms with van der Waals surface area (Å²) in [6, 6.07) is 9.75. The maximum Gasteiger partial charge on any atom is 0.408 e. The Morgan fingerprint density at radius 3 is 2.55 bits per heavy atom. The summed E-state index contributed by atoms with van der Waals surface area (Å²) in [6.07, 6.45) is 4.23. The van der Waals surface area contributed by atoms with Crippen LogP contribution < -0.4 is 10.6 Å². The molecule has 1 atom stereocenters. The molecule has 1 unspecified atom stereocenters. The van der Waals surface area contributed by atoms with Crippen LogP contribution in [0.2, 0.25) is 0 Å². The number of thiophene rings is 1. The predicted molar refractivity (Wildman–Crippen MR) is 170 cm³/mol. The molecule has 0 radical (unpaired) electrons. The summed E-state index contributed by atoms with van der Waals surface area (Å²) in [6.45, 7) is 8.66. The number of carboxylic acid groups (broad SMARTS) is 1. The Balaban J connectivity index is 1.43. The van der Waals surface area contributed by atoms with Gasteiger partial charge in [-0.3, -0.25) is 9.69 Å². The summed E-state index contributed by atoms with van der Waals surface area (Å²) < 4.78 is 0. The number of hydrogen-bond donors (Lipinski definition) is 2. The third-order valence-electron chi connectivity index (χ3n) is 7.32. The van der Waals surface area contributed by atoms with E-state index in [0.29, 0.717) is 44.1 Å². The zero-order valence-electron chi connectivity index (χ0n) is 23.7. The molecule has 0 aliphatic carbocycles. The molecule has 11 heteroatoms. The molecule has 3 heterocycles. The lowest BCUT2D eigenvalue weighted by molar-refractivity contribution is -0.131. The van der Waals surface area contributed by atoms with Gasteiger partial charge in [0.05, 0.1) is 17.1 Å². The summed E-state index contributed by atoms with van der Waals surface area (Å²) in [5.41, 5.74) is 8.21. The second-order valence-electron chi connectivity index (χ2n) is 11.3. The van der Waals surface area contributed by atoms with Crippen LogP contribution in [0, 0.1) is 0 Å². The lowest BCUT2D eigenvalue weighted by atomic mass is 10.0. The maximum absolute atomic E-state index is 12.9. The van der Waals surface area contributed by atoms with Crippen molar-refractivity contribution in [1.29, 1.82) is 0 Å². The van der Waals surface area contributed by atoms with E-state index in [-0.39, 0.29) is 12.5 Å². The van der Waals surface area contributed by atoms with Gasteiger partial charge in [0.15, 0.2) is 0 Å². The van der Waals surface area contributed by atoms with Crippen molar-refractivity contribution in [3.8, 4) is 0 Å². The van der Waals surface area contributed by atoms with E-state index < -0.39 is 11.6 Å². The highest BCUT2D eigenvalue weighted by Crippen LogP contribution is 2.40. The number of carbonyl (C=O) groups excluding carboxylic acids is 1. The number of nitrogens with zero attached hydrogens (tertiary/aromatic N) is 4. The molecule has 1 aromatic carbocycles. The molecular weight excluding hydrogens is 563 g/mol. The summed E-state index contributed by atoms with van der Waals surface area (Å²) in [5, 5.41) is 12.7. The van der Waals surface area contributed by atoms with Gasteiger partial charge in [0.25, 0.3) is 0 Å². The second kappa shape index (κ2) is 14.0. The number of anilines is 1. The zero-order valence-corrected chi connectivity index (χ0v) is 26.1. The van der Waals surface area contributed by atoms with Crippen LogP contribution in [0.4, 0.5) is 16.2 Å². The van der Waals surface area contributed by atoms with E-state index in [2.05, 4.69) is 9.89 Å². The van der Waals surface area contributed by atoms with Crippen molar-refractivity contribution in [2.24, 2.45) is 10.7 Å². The van der Waals surface area contributed by atoms with Gasteiger partial charge in [-0.1, -0.05) is 34.1 Å². The first-order valence-electron chi connectivity index (χ1n) is 13.9. The highest BCUT2D eigenvalue weighted by Gasteiger charge is 2.29. The topological polar surface area (TPSA) is 102 Å². The zero-order chi connectivity index (χ0) is 28.7. The number of carbonyl (C=O) groups is 2. The first-order chi connectivity index (χ1) is 19.1. The van der Waals surface area contributed by atoms with Gasteiger partial charge in [-0.05, 0) is 75.2 Å². The van der Waals surface area contributed by atoms with Crippen LogP contribution in [-0.4, -0.2) is 75.5 Å². The first kappa shape index (κ1) is 30.6. The molecule has 40 heavy (non-hydrogen) atoms. The Kier molecular flexibility index (Phi) is 10.7. The van der Waals surface area contributed by atoms with Gasteiger partial charge in [0, 0.05) is 54.8 Å². The van der Waals surface area contributed by atoms with Crippen LogP contribution in [0.1, 0.15) is 63.3 Å². The second-order valence-corrected chi connectivity index (χ2v) is 15.0. The molecule has 2 fully saturated rings. The molecule has 2 aliphatic rings. The number of rotatable bonds is 10. The molecule has 0 saturated carbocycles. The number of amidine groups is 1. The van der Waals surface area contributed by atoms with Crippen molar-refractivity contribution >= 4 is 62.1 Å². The molecule has 1 aromatic heterocycles. The van der Waals surface area contributed by atoms with E-state index in [1.54, 1.807) is 0 Å². The van der Waals surface area contributed by atoms with Gasteiger partial charge in [0.2, 0.25) is 5.91 Å². The summed E-state index contributed by atoms with van der Waals surface area (Å²) in [4.78, 5) is 36.3. The summed E-state index contributed by atoms with van der Waals surface area (Å²) in [5.74, 6) is 1.93. The van der Waals surface area contributed by atoms with Crippen molar-refractivity contribution in [2.75, 3.05) is 36.8 Å². The molecular formula is C29H41N5O3S3. The molecule has 2 amide bonds. The largest absolute Gasteiger partial charge is 0.465 e. The average Bonchev–Trinajstić information content (AvgIpc) is 3.64. The Bertz CT molecular complexity index is 1170. The predicted octanol–water partition coefficient (Wildman–Crippen LogP) is 6.43. The quantitative estimate of drug-likeness (QED) is 0.140. The fourth-order valence-corrected chi connectivity index (χ4v) is 8.68. The third-order valence-corrected chi connectivity index (χ3v) is 11.2. The van der Waals surface area contributed by atoms with Crippen LogP contribution in [0.15, 0.2) is 40.7 Å². The maximum atomic E-state index is 12.9. The van der Waals surface area contributed by atoms with E-state index in [9.17, 15) is 14.7 Å². The van der Waals surface area contributed by atoms with E-state index in [1.165, 1.54) is 34.8 Å². The first-order valence-corrected chi connectivity index (χ1v) is 17.2. The number of piperazine rings is 1. The molecule has 218 valence electrons. The fraction of sp³-hybridized carbons (Fsp3) is 0.552. The molecule has 3 N–H and O–H groups in total. The minimum atomic E-state index is -0.967. The van der Waals surface area contributed by atoms with Crippen molar-refractivity contribution < 1.29 is 14.7 Å². The number of hydrogen-bond acceptors (Lipinski definition) is 7. The average molecular weight is 604 g/mol. The molecule has 8 nitrogen and oxygen atoms in total. The normalized spacial score (nSPS) is 18.3. The monoisotopic (exact) mass is 603 g/mol. The van der Waals surface area contributed by atoms with Crippen LogP contribution >= 0.6 is 32.9 Å². The van der Waals surface area contributed by atoms with Crippen molar-refractivity contribution in [1.82, 2.24) is 9.80 Å². The highest BCUT2D eigenvalue weighted by molar-refractivity contribution is 8.77. The lowest BCUT2D eigenvalue weighted by Gasteiger charge is -2.38. The Morgan fingerprint density at radius 2 is 1.93 bits per heavy atom. The Hall–Kier alpha value is -2.37. The van der Waals surface area contributed by atoms with E-state index >= 15 is 0 Å². The van der Waals surface area contributed by atoms with Crippen molar-refractivity contribution in [3.63, 3.8) is 0 Å². The number of nitrogens with two attached hydrogens (primary N) is 1. The van der Waals surface area contributed by atoms with Crippen LogP contribution in [0.5, 0.6) is 0 Å². The minimum Gasteiger partial charge on any atom is -0.465 e. The van der Waals surface area contributed by atoms with Crippen LogP contribution in [0.3, 0.4) is 0 Å². The van der Waals surface area contributed by atoms with Gasteiger partial charge in [-0.15, -0.1) is 11.3 Å². The molecule has 0 spiro atoms. The minimum absolute atomic E-state index is 0.230. The standard InChI is InChI=1S/C29H41N5O3S3/c1-29(2,3)34(28(36)37)20-21-19-22(31-27(30)25-8-6-17-38-25)10-11-24(21)32-13-15-33(16-14-32)26(35)9-5-4-7-23-12-18-39-40-23/h6,8,10-11,17,19,23H,4-5,7,9,12-16,18,20H2,1-3H3,(H2,30,31)(H,36,37). The fourth-order valence-electron chi connectivity index (χ4n) is 5.02. The van der Waals surface area contributed by atoms with Gasteiger partial charge in [-0.2, -0.15) is 0 Å².